The highest BCUT2D eigenvalue weighted by Crippen LogP contribution is 2.20. The van der Waals surface area contributed by atoms with Crippen molar-refractivity contribution in [2.75, 3.05) is 44.6 Å². The molecule has 0 unspecified atom stereocenters. The molecule has 1 fully saturated rings. The van der Waals surface area contributed by atoms with E-state index in [-0.39, 0.29) is 24.4 Å². The van der Waals surface area contributed by atoms with Crippen molar-refractivity contribution in [3.63, 3.8) is 0 Å². The summed E-state index contributed by atoms with van der Waals surface area (Å²) in [4.78, 5) is 27.6. The maximum atomic E-state index is 12.1. The average molecular weight is 434 g/mol. The number of aryl methyl sites for hydroxylation is 1. The van der Waals surface area contributed by atoms with Gasteiger partial charge in [0.25, 0.3) is 0 Å². The molecule has 1 heterocycles. The first-order valence-corrected chi connectivity index (χ1v) is 8.99. The molecule has 1 N–H and O–H groups in total. The van der Waals surface area contributed by atoms with Crippen LogP contribution in [0, 0.1) is 6.92 Å². The van der Waals surface area contributed by atoms with Crippen LogP contribution in [0.3, 0.4) is 0 Å². The molecular weight excluding hydrogens is 410 g/mol. The van der Waals surface area contributed by atoms with Crippen molar-refractivity contribution in [2.24, 2.45) is 0 Å². The monoisotopic (exact) mass is 432 g/mol. The second-order valence-electron chi connectivity index (χ2n) is 5.79. The molecule has 0 aromatic heterocycles. The molecule has 0 spiro atoms. The van der Waals surface area contributed by atoms with Crippen LogP contribution in [0.5, 0.6) is 0 Å². The number of carbonyl (C=O) groups excluding carboxylic acids is 2. The van der Waals surface area contributed by atoms with E-state index in [0.717, 1.165) is 28.8 Å². The van der Waals surface area contributed by atoms with Gasteiger partial charge in [-0.25, -0.2) is 4.79 Å². The van der Waals surface area contributed by atoms with Crippen molar-refractivity contribution >= 4 is 33.6 Å². The minimum atomic E-state index is -0.250. The van der Waals surface area contributed by atoms with Gasteiger partial charge in [0.15, 0.2) is 0 Å². The average Bonchev–Trinajstić information content (AvgIpc) is 2.57. The first-order chi connectivity index (χ1) is 11.5. The SMILES string of the molecule is CCOC(=O)N1CCN(CCC(=O)Nc2ccc(Br)c(C)c2)CC1.[Cl-]. The number of halogens is 2. The predicted octanol–water partition coefficient (Wildman–Crippen LogP) is -0.136. The maximum Gasteiger partial charge on any atom is 0.409 e. The Bertz CT molecular complexity index is 593. The van der Waals surface area contributed by atoms with Crippen molar-refractivity contribution in [1.82, 2.24) is 9.80 Å². The summed E-state index contributed by atoms with van der Waals surface area (Å²) >= 11 is 3.45. The van der Waals surface area contributed by atoms with Gasteiger partial charge in [0, 0.05) is 49.3 Å². The van der Waals surface area contributed by atoms with Crippen LogP contribution in [0.4, 0.5) is 10.5 Å². The fourth-order valence-corrected chi connectivity index (χ4v) is 2.82. The smallest absolute Gasteiger partial charge is 0.409 e. The number of ether oxygens (including phenoxy) is 1. The van der Waals surface area contributed by atoms with Gasteiger partial charge in [-0.1, -0.05) is 15.9 Å². The third kappa shape index (κ3) is 6.84. The largest absolute Gasteiger partial charge is 1.00 e. The van der Waals surface area contributed by atoms with Gasteiger partial charge in [0.05, 0.1) is 6.61 Å². The molecule has 2 rings (SSSR count). The summed E-state index contributed by atoms with van der Waals surface area (Å²) in [6.45, 7) is 7.71. The fraction of sp³-hybridized carbons (Fsp3) is 0.529. The summed E-state index contributed by atoms with van der Waals surface area (Å²) in [7, 11) is 0. The van der Waals surface area contributed by atoms with Crippen LogP contribution in [0.15, 0.2) is 22.7 Å². The highest BCUT2D eigenvalue weighted by atomic mass is 79.9. The summed E-state index contributed by atoms with van der Waals surface area (Å²) < 4.78 is 6.03. The molecule has 6 nitrogen and oxygen atoms in total. The second kappa shape index (κ2) is 10.6. The Balaban J connectivity index is 0.00000312. The lowest BCUT2D eigenvalue weighted by molar-refractivity contribution is -0.116. The lowest BCUT2D eigenvalue weighted by atomic mass is 10.2. The topological polar surface area (TPSA) is 61.9 Å². The molecule has 1 aromatic rings. The Morgan fingerprint density at radius 2 is 1.92 bits per heavy atom. The normalized spacial score (nSPS) is 14.6. The minimum absolute atomic E-state index is 0. The summed E-state index contributed by atoms with van der Waals surface area (Å²) in [5.74, 6) is 0.00421. The first-order valence-electron chi connectivity index (χ1n) is 8.19. The number of amides is 2. The van der Waals surface area contributed by atoms with E-state index in [4.69, 9.17) is 4.74 Å². The van der Waals surface area contributed by atoms with Crippen molar-refractivity contribution < 1.29 is 26.7 Å². The van der Waals surface area contributed by atoms with Gasteiger partial charge < -0.3 is 27.4 Å². The summed E-state index contributed by atoms with van der Waals surface area (Å²) in [5.41, 5.74) is 1.90. The molecular formula is C17H24BrClN3O3-. The molecule has 1 aliphatic rings. The highest BCUT2D eigenvalue weighted by Gasteiger charge is 2.22. The van der Waals surface area contributed by atoms with E-state index in [1.54, 1.807) is 11.8 Å². The molecule has 25 heavy (non-hydrogen) atoms. The van der Waals surface area contributed by atoms with Crippen LogP contribution in [0.25, 0.3) is 0 Å². The van der Waals surface area contributed by atoms with Crippen molar-refractivity contribution in [3.05, 3.63) is 28.2 Å². The number of benzene rings is 1. The number of hydrogen-bond acceptors (Lipinski definition) is 4. The predicted molar refractivity (Wildman–Crippen MR) is 97.2 cm³/mol. The molecule has 1 aromatic carbocycles. The third-order valence-corrected chi connectivity index (χ3v) is 4.88. The Hall–Kier alpha value is -1.31. The van der Waals surface area contributed by atoms with E-state index in [1.165, 1.54) is 0 Å². The molecule has 0 aliphatic carbocycles. The molecule has 1 saturated heterocycles. The molecule has 140 valence electrons. The van der Waals surface area contributed by atoms with Crippen molar-refractivity contribution in [3.8, 4) is 0 Å². The van der Waals surface area contributed by atoms with E-state index in [1.807, 2.05) is 25.1 Å². The van der Waals surface area contributed by atoms with Crippen LogP contribution < -0.4 is 17.7 Å². The molecule has 1 aliphatic heterocycles. The quantitative estimate of drug-likeness (QED) is 0.702. The van der Waals surface area contributed by atoms with Gasteiger partial charge in [-0.2, -0.15) is 0 Å². The van der Waals surface area contributed by atoms with Gasteiger partial charge in [-0.3, -0.25) is 9.69 Å². The second-order valence-corrected chi connectivity index (χ2v) is 6.64. The third-order valence-electron chi connectivity index (χ3n) is 4.00. The number of nitrogens with zero attached hydrogens (tertiary/aromatic N) is 2. The van der Waals surface area contributed by atoms with Crippen molar-refractivity contribution in [1.29, 1.82) is 0 Å². The molecule has 8 heteroatoms. The van der Waals surface area contributed by atoms with E-state index < -0.39 is 0 Å². The van der Waals surface area contributed by atoms with Gasteiger partial charge in [0.1, 0.15) is 0 Å². The van der Waals surface area contributed by atoms with Crippen LogP contribution >= 0.6 is 15.9 Å². The number of piperazine rings is 1. The van der Waals surface area contributed by atoms with E-state index in [2.05, 4.69) is 26.1 Å². The van der Waals surface area contributed by atoms with Crippen LogP contribution in [0.2, 0.25) is 0 Å². The summed E-state index contributed by atoms with van der Waals surface area (Å²) in [6.07, 6.45) is 0.189. The van der Waals surface area contributed by atoms with E-state index in [9.17, 15) is 9.59 Å². The Kier molecular flexibility index (Phi) is 9.24. The highest BCUT2D eigenvalue weighted by molar-refractivity contribution is 9.10. The number of carbonyl (C=O) groups is 2. The number of anilines is 1. The van der Waals surface area contributed by atoms with Crippen LogP contribution in [0.1, 0.15) is 18.9 Å². The van der Waals surface area contributed by atoms with E-state index >= 15 is 0 Å². The molecule has 0 radical (unpaired) electrons. The fourth-order valence-electron chi connectivity index (χ4n) is 2.57. The zero-order valence-electron chi connectivity index (χ0n) is 14.6. The number of nitrogens with one attached hydrogen (secondary N) is 1. The molecule has 0 saturated carbocycles. The van der Waals surface area contributed by atoms with Crippen LogP contribution in [-0.4, -0.2) is 61.1 Å². The van der Waals surface area contributed by atoms with Gasteiger partial charge in [-0.05, 0) is 37.6 Å². The van der Waals surface area contributed by atoms with Gasteiger partial charge in [0.2, 0.25) is 5.91 Å². The summed E-state index contributed by atoms with van der Waals surface area (Å²) in [5, 5.41) is 2.92. The summed E-state index contributed by atoms with van der Waals surface area (Å²) in [6, 6.07) is 5.76. The van der Waals surface area contributed by atoms with Gasteiger partial charge in [-0.15, -0.1) is 0 Å². The number of rotatable bonds is 5. The molecule has 0 atom stereocenters. The standard InChI is InChI=1S/C17H24BrN3O3.ClH/c1-3-24-17(23)21-10-8-20(9-11-21)7-6-16(22)19-14-4-5-15(18)13(2)12-14;/h4-5,12H,3,6-11H2,1-2H3,(H,19,22);1H/p-1. The minimum Gasteiger partial charge on any atom is -1.00 e. The zero-order chi connectivity index (χ0) is 17.5. The first kappa shape index (κ1) is 21.7. The zero-order valence-corrected chi connectivity index (χ0v) is 16.9. The van der Waals surface area contributed by atoms with Crippen LogP contribution in [-0.2, 0) is 9.53 Å². The lowest BCUT2D eigenvalue weighted by Crippen LogP contribution is -3.00. The van der Waals surface area contributed by atoms with Crippen molar-refractivity contribution in [2.45, 2.75) is 20.3 Å². The Morgan fingerprint density at radius 3 is 2.52 bits per heavy atom. The number of hydrogen-bond donors (Lipinski definition) is 1. The molecule has 2 amide bonds. The maximum absolute atomic E-state index is 12.1. The molecule has 0 bridgehead atoms. The van der Waals surface area contributed by atoms with E-state index in [0.29, 0.717) is 32.7 Å². The lowest BCUT2D eigenvalue weighted by Gasteiger charge is -2.33. The Morgan fingerprint density at radius 1 is 1.24 bits per heavy atom. The van der Waals surface area contributed by atoms with Gasteiger partial charge >= 0.3 is 6.09 Å². The Labute approximate surface area is 163 Å².